The van der Waals surface area contributed by atoms with Gasteiger partial charge in [0.1, 0.15) is 18.0 Å². The molecule has 0 amide bonds. The highest BCUT2D eigenvalue weighted by Crippen LogP contribution is 2.21. The van der Waals surface area contributed by atoms with Gasteiger partial charge in [-0.3, -0.25) is 0 Å². The van der Waals surface area contributed by atoms with Gasteiger partial charge in [-0.2, -0.15) is 0 Å². The molecule has 0 bridgehead atoms. The molecule has 1 aliphatic rings. The number of aromatic nitrogens is 4. The van der Waals surface area contributed by atoms with Gasteiger partial charge in [-0.25, -0.2) is 19.9 Å². The molecule has 0 radical (unpaired) electrons. The van der Waals surface area contributed by atoms with Gasteiger partial charge >= 0.3 is 0 Å². The lowest BCUT2D eigenvalue weighted by atomic mass is 10.2. The van der Waals surface area contributed by atoms with Crippen molar-refractivity contribution >= 4 is 17.6 Å². The van der Waals surface area contributed by atoms with Gasteiger partial charge in [0.25, 0.3) is 0 Å². The van der Waals surface area contributed by atoms with E-state index in [1.54, 1.807) is 18.7 Å². The second-order valence-electron chi connectivity index (χ2n) is 6.76. The van der Waals surface area contributed by atoms with E-state index in [9.17, 15) is 0 Å². The summed E-state index contributed by atoms with van der Waals surface area (Å²) in [6.45, 7) is 7.43. The molecule has 2 aromatic heterocycles. The third-order valence-corrected chi connectivity index (χ3v) is 5.00. The zero-order valence-electron chi connectivity index (χ0n) is 16.1. The fourth-order valence-electron chi connectivity index (χ4n) is 3.43. The molecule has 0 spiro atoms. The van der Waals surface area contributed by atoms with E-state index < -0.39 is 0 Å². The molecule has 1 fully saturated rings. The SMILES string of the molecule is CCN(Cc1ccccc1)c1cc(N2CCN(c3ncccn3)CC2)ncn1. The van der Waals surface area contributed by atoms with Crippen LogP contribution in [0.2, 0.25) is 0 Å². The van der Waals surface area contributed by atoms with Crippen molar-refractivity contribution in [3.63, 3.8) is 0 Å². The second-order valence-corrected chi connectivity index (χ2v) is 6.76. The first-order valence-electron chi connectivity index (χ1n) is 9.71. The van der Waals surface area contributed by atoms with E-state index in [4.69, 9.17) is 0 Å². The zero-order chi connectivity index (χ0) is 19.2. The summed E-state index contributed by atoms with van der Waals surface area (Å²) in [5, 5.41) is 0. The van der Waals surface area contributed by atoms with E-state index in [0.29, 0.717) is 0 Å². The van der Waals surface area contributed by atoms with Crippen LogP contribution in [-0.4, -0.2) is 52.7 Å². The topological polar surface area (TPSA) is 61.3 Å². The maximum atomic E-state index is 4.52. The highest BCUT2D eigenvalue weighted by atomic mass is 15.3. The average Bonchev–Trinajstić information content (AvgIpc) is 2.79. The molecule has 4 rings (SSSR count). The van der Waals surface area contributed by atoms with E-state index in [0.717, 1.165) is 56.9 Å². The molecule has 1 aliphatic heterocycles. The molecule has 3 heterocycles. The predicted molar refractivity (Wildman–Crippen MR) is 112 cm³/mol. The minimum absolute atomic E-state index is 0.797. The van der Waals surface area contributed by atoms with Crippen LogP contribution in [0.4, 0.5) is 17.6 Å². The molecule has 0 N–H and O–H groups in total. The molecular formula is C21H25N7. The largest absolute Gasteiger partial charge is 0.353 e. The van der Waals surface area contributed by atoms with Gasteiger partial charge in [0, 0.05) is 57.7 Å². The molecule has 7 heteroatoms. The Balaban J connectivity index is 1.43. The second kappa shape index (κ2) is 8.65. The van der Waals surface area contributed by atoms with Gasteiger partial charge in [-0.1, -0.05) is 30.3 Å². The number of nitrogens with zero attached hydrogens (tertiary/aromatic N) is 7. The standard InChI is InChI=1S/C21H25N7/c1-2-26(16-18-7-4-3-5-8-18)19-15-20(25-17-24-19)27-11-13-28(14-12-27)21-22-9-6-10-23-21/h3-10,15,17H,2,11-14,16H2,1H3. The van der Waals surface area contributed by atoms with E-state index in [1.165, 1.54) is 5.56 Å². The van der Waals surface area contributed by atoms with Gasteiger partial charge in [0.2, 0.25) is 5.95 Å². The number of anilines is 3. The van der Waals surface area contributed by atoms with Crippen molar-refractivity contribution in [3.05, 3.63) is 66.7 Å². The Kier molecular flexibility index (Phi) is 5.61. The molecule has 0 aliphatic carbocycles. The molecule has 7 nitrogen and oxygen atoms in total. The summed E-state index contributed by atoms with van der Waals surface area (Å²) in [5.74, 6) is 2.74. The Morgan fingerprint density at radius 2 is 1.57 bits per heavy atom. The quantitative estimate of drug-likeness (QED) is 0.656. The lowest BCUT2D eigenvalue weighted by Crippen LogP contribution is -2.47. The van der Waals surface area contributed by atoms with Crippen LogP contribution < -0.4 is 14.7 Å². The summed E-state index contributed by atoms with van der Waals surface area (Å²) in [6.07, 6.45) is 5.25. The monoisotopic (exact) mass is 375 g/mol. The summed E-state index contributed by atoms with van der Waals surface area (Å²) in [4.78, 5) is 24.5. The maximum Gasteiger partial charge on any atom is 0.225 e. The number of piperazine rings is 1. The number of benzene rings is 1. The fraction of sp³-hybridized carbons (Fsp3) is 0.333. The highest BCUT2D eigenvalue weighted by molar-refractivity contribution is 5.51. The molecule has 0 unspecified atom stereocenters. The van der Waals surface area contributed by atoms with Crippen LogP contribution in [0, 0.1) is 0 Å². The highest BCUT2D eigenvalue weighted by Gasteiger charge is 2.20. The number of rotatable bonds is 6. The Hall–Kier alpha value is -3.22. The molecule has 0 saturated carbocycles. The van der Waals surface area contributed by atoms with Gasteiger partial charge in [-0.05, 0) is 18.6 Å². The molecule has 28 heavy (non-hydrogen) atoms. The lowest BCUT2D eigenvalue weighted by Gasteiger charge is -2.35. The predicted octanol–water partition coefficient (Wildman–Crippen LogP) is 2.62. The van der Waals surface area contributed by atoms with Crippen molar-refractivity contribution in [1.29, 1.82) is 0 Å². The average molecular weight is 375 g/mol. The smallest absolute Gasteiger partial charge is 0.225 e. The Bertz CT molecular complexity index is 864. The minimum atomic E-state index is 0.797. The molecule has 1 saturated heterocycles. The van der Waals surface area contributed by atoms with Crippen molar-refractivity contribution < 1.29 is 0 Å². The van der Waals surface area contributed by atoms with Gasteiger partial charge < -0.3 is 14.7 Å². The first-order chi connectivity index (χ1) is 13.8. The Labute approximate surface area is 165 Å². The minimum Gasteiger partial charge on any atom is -0.353 e. The van der Waals surface area contributed by atoms with Crippen molar-refractivity contribution in [2.45, 2.75) is 13.5 Å². The van der Waals surface area contributed by atoms with Crippen LogP contribution in [0.5, 0.6) is 0 Å². The summed E-state index contributed by atoms with van der Waals surface area (Å²) in [7, 11) is 0. The van der Waals surface area contributed by atoms with E-state index >= 15 is 0 Å². The first kappa shape index (κ1) is 18.2. The summed E-state index contributed by atoms with van der Waals surface area (Å²) < 4.78 is 0. The third-order valence-electron chi connectivity index (χ3n) is 5.00. The maximum absolute atomic E-state index is 4.52. The van der Waals surface area contributed by atoms with E-state index in [1.807, 2.05) is 12.1 Å². The van der Waals surface area contributed by atoms with Gasteiger partial charge in [-0.15, -0.1) is 0 Å². The molecule has 3 aromatic rings. The van der Waals surface area contributed by atoms with Crippen molar-refractivity contribution in [2.75, 3.05) is 47.4 Å². The van der Waals surface area contributed by atoms with Crippen LogP contribution in [0.25, 0.3) is 0 Å². The first-order valence-corrected chi connectivity index (χ1v) is 9.71. The van der Waals surface area contributed by atoms with E-state index in [-0.39, 0.29) is 0 Å². The summed E-state index contributed by atoms with van der Waals surface area (Å²) >= 11 is 0. The van der Waals surface area contributed by atoms with Crippen molar-refractivity contribution in [2.24, 2.45) is 0 Å². The number of hydrogen-bond donors (Lipinski definition) is 0. The van der Waals surface area contributed by atoms with Crippen molar-refractivity contribution in [1.82, 2.24) is 19.9 Å². The normalized spacial score (nSPS) is 14.2. The van der Waals surface area contributed by atoms with Gasteiger partial charge in [0.05, 0.1) is 0 Å². The Morgan fingerprint density at radius 3 is 2.29 bits per heavy atom. The van der Waals surface area contributed by atoms with Gasteiger partial charge in [0.15, 0.2) is 0 Å². The molecule has 0 atom stereocenters. The van der Waals surface area contributed by atoms with Crippen LogP contribution in [0.1, 0.15) is 12.5 Å². The van der Waals surface area contributed by atoms with Crippen molar-refractivity contribution in [3.8, 4) is 0 Å². The Morgan fingerprint density at radius 1 is 0.857 bits per heavy atom. The van der Waals surface area contributed by atoms with Crippen LogP contribution >= 0.6 is 0 Å². The fourth-order valence-corrected chi connectivity index (χ4v) is 3.43. The van der Waals surface area contributed by atoms with E-state index in [2.05, 4.69) is 71.9 Å². The molecular weight excluding hydrogens is 350 g/mol. The lowest BCUT2D eigenvalue weighted by molar-refractivity contribution is 0.633. The molecule has 144 valence electrons. The zero-order valence-corrected chi connectivity index (χ0v) is 16.1. The summed E-state index contributed by atoms with van der Waals surface area (Å²) in [6, 6.07) is 14.4. The van der Waals surface area contributed by atoms with Crippen LogP contribution in [0.3, 0.4) is 0 Å². The summed E-state index contributed by atoms with van der Waals surface area (Å²) in [5.41, 5.74) is 1.28. The molecule has 1 aromatic carbocycles. The number of hydrogen-bond acceptors (Lipinski definition) is 7. The van der Waals surface area contributed by atoms with Crippen LogP contribution in [-0.2, 0) is 6.54 Å². The van der Waals surface area contributed by atoms with Crippen LogP contribution in [0.15, 0.2) is 61.2 Å². The third kappa shape index (κ3) is 4.19.